The van der Waals surface area contributed by atoms with Crippen LogP contribution in [0.1, 0.15) is 6.92 Å². The molecule has 0 aliphatic carbocycles. The summed E-state index contributed by atoms with van der Waals surface area (Å²) in [5, 5.41) is 8.86. The zero-order chi connectivity index (χ0) is 40.3. The highest BCUT2D eigenvalue weighted by Crippen LogP contribution is 2.44. The summed E-state index contributed by atoms with van der Waals surface area (Å²) < 4.78 is 39.2. The Balaban J connectivity index is 0.000000243. The van der Waals surface area contributed by atoms with E-state index in [1.165, 1.54) is 45.7 Å². The highest BCUT2D eigenvalue weighted by Gasteiger charge is 2.21. The van der Waals surface area contributed by atoms with Gasteiger partial charge in [-0.1, -0.05) is 46.4 Å². The van der Waals surface area contributed by atoms with Crippen molar-refractivity contribution in [2.24, 2.45) is 0 Å². The molecule has 2 aromatic carbocycles. The molecular weight excluding hydrogens is 855 g/mol. The number of ether oxygens (including phenoxy) is 4. The minimum Gasteiger partial charge on any atom is -0.497 e. The van der Waals surface area contributed by atoms with Crippen molar-refractivity contribution in [2.75, 3.05) is 28.4 Å². The Hall–Kier alpha value is -4.60. The van der Waals surface area contributed by atoms with Gasteiger partial charge in [0.15, 0.2) is 0 Å². The number of hydrogen-bond donors (Lipinski definition) is 2. The van der Waals surface area contributed by atoms with Crippen LogP contribution in [-0.4, -0.2) is 66.8 Å². The van der Waals surface area contributed by atoms with Gasteiger partial charge in [0.1, 0.15) is 45.0 Å². The number of halogens is 6. The normalized spacial score (nSPS) is 10.4. The average molecular weight is 880 g/mol. The lowest BCUT2D eigenvalue weighted by atomic mass is 10.1. The summed E-state index contributed by atoms with van der Waals surface area (Å²) in [6.45, 7) is 1.43. The van der Waals surface area contributed by atoms with Crippen molar-refractivity contribution in [1.82, 2.24) is 29.9 Å². The number of nitriles is 1. The van der Waals surface area contributed by atoms with E-state index in [9.17, 15) is 9.59 Å². The number of benzene rings is 2. The van der Waals surface area contributed by atoms with Crippen molar-refractivity contribution in [3.8, 4) is 51.8 Å². The SMILES string of the molecule is CC#N.COc1cc(OC)c(Cl)c(-c2nc3cnc(Cl)cc3c(=O)[nH]2)c1Cl.COc1cc(OC)cc(-c2nc3cnc(Cl)cc3c(=O)[nH]2)c1.O=S(=O)(Cl)Cl. The van der Waals surface area contributed by atoms with Crippen molar-refractivity contribution >= 4 is 97.8 Å². The molecule has 0 saturated heterocycles. The molecule has 0 saturated carbocycles. The summed E-state index contributed by atoms with van der Waals surface area (Å²) in [4.78, 5) is 46.5. The van der Waals surface area contributed by atoms with Gasteiger partial charge in [0, 0.05) is 46.0 Å². The molecule has 284 valence electrons. The maximum Gasteiger partial charge on any atom is 0.317 e. The van der Waals surface area contributed by atoms with Gasteiger partial charge >= 0.3 is 8.26 Å². The number of methoxy groups -OCH3 is 4. The lowest BCUT2D eigenvalue weighted by Crippen LogP contribution is -2.10. The molecule has 6 rings (SSSR count). The van der Waals surface area contributed by atoms with E-state index in [2.05, 4.69) is 51.3 Å². The highest BCUT2D eigenvalue weighted by molar-refractivity contribution is 8.31. The number of hydrogen-bond acceptors (Lipinski definition) is 13. The Morgan fingerprint density at radius 1 is 0.667 bits per heavy atom. The van der Waals surface area contributed by atoms with Crippen molar-refractivity contribution in [2.45, 2.75) is 6.92 Å². The van der Waals surface area contributed by atoms with Crippen LogP contribution in [0.5, 0.6) is 23.0 Å². The second-order valence-electron chi connectivity index (χ2n) is 9.86. The second-order valence-corrected chi connectivity index (χ2v) is 15.1. The fourth-order valence-electron chi connectivity index (χ4n) is 4.33. The zero-order valence-corrected chi connectivity index (χ0v) is 33.6. The van der Waals surface area contributed by atoms with E-state index in [0.717, 1.165) is 0 Å². The molecule has 0 aliphatic heterocycles. The van der Waals surface area contributed by atoms with Crippen LogP contribution in [0.25, 0.3) is 44.6 Å². The molecule has 22 heteroatoms. The van der Waals surface area contributed by atoms with Gasteiger partial charge in [-0.3, -0.25) is 9.59 Å². The summed E-state index contributed by atoms with van der Waals surface area (Å²) in [5.41, 5.74) is 1.10. The van der Waals surface area contributed by atoms with Crippen LogP contribution in [0.15, 0.2) is 58.4 Å². The van der Waals surface area contributed by atoms with E-state index in [1.807, 2.05) is 0 Å². The van der Waals surface area contributed by atoms with Crippen molar-refractivity contribution in [3.05, 3.63) is 89.9 Å². The molecule has 0 atom stereocenters. The van der Waals surface area contributed by atoms with Gasteiger partial charge in [-0.05, 0) is 24.3 Å². The molecule has 0 unspecified atom stereocenters. The first-order valence-corrected chi connectivity index (χ1v) is 19.0. The predicted molar refractivity (Wildman–Crippen MR) is 209 cm³/mol. The molecule has 4 heterocycles. The molecule has 0 fully saturated rings. The first kappa shape index (κ1) is 43.8. The second kappa shape index (κ2) is 19.6. The largest absolute Gasteiger partial charge is 0.497 e. The number of aromatic amines is 2. The third-order valence-electron chi connectivity index (χ3n) is 6.55. The van der Waals surface area contributed by atoms with Crippen molar-refractivity contribution in [3.63, 3.8) is 0 Å². The average Bonchev–Trinajstić information content (AvgIpc) is 3.12. The van der Waals surface area contributed by atoms with Gasteiger partial charge < -0.3 is 28.9 Å². The molecule has 15 nitrogen and oxygen atoms in total. The topological polar surface area (TPSA) is 212 Å². The summed E-state index contributed by atoms with van der Waals surface area (Å²) in [5.74, 6) is 2.45. The quantitative estimate of drug-likeness (QED) is 0.121. The Morgan fingerprint density at radius 3 is 1.44 bits per heavy atom. The van der Waals surface area contributed by atoms with Crippen molar-refractivity contribution < 1.29 is 27.4 Å². The molecule has 2 N–H and O–H groups in total. The lowest BCUT2D eigenvalue weighted by Gasteiger charge is -2.14. The Labute approximate surface area is 335 Å². The Bertz CT molecular complexity index is 2530. The molecule has 0 radical (unpaired) electrons. The van der Waals surface area contributed by atoms with Gasteiger partial charge in [0.2, 0.25) is 0 Å². The van der Waals surface area contributed by atoms with E-state index in [0.29, 0.717) is 61.8 Å². The van der Waals surface area contributed by atoms with Gasteiger partial charge in [0.25, 0.3) is 11.1 Å². The highest BCUT2D eigenvalue weighted by atomic mass is 36.0. The summed E-state index contributed by atoms with van der Waals surface area (Å²) in [6, 6.07) is 11.5. The van der Waals surface area contributed by atoms with Crippen LogP contribution in [0.3, 0.4) is 0 Å². The number of aromatic nitrogens is 6. The number of pyridine rings is 2. The molecule has 54 heavy (non-hydrogen) atoms. The van der Waals surface area contributed by atoms with Crippen molar-refractivity contribution in [1.29, 1.82) is 5.26 Å². The first-order valence-electron chi connectivity index (χ1n) is 14.4. The third kappa shape index (κ3) is 11.7. The minimum atomic E-state index is -3.72. The van der Waals surface area contributed by atoms with Gasteiger partial charge in [-0.2, -0.15) is 13.7 Å². The zero-order valence-electron chi connectivity index (χ0n) is 28.3. The van der Waals surface area contributed by atoms with Crippen LogP contribution >= 0.6 is 67.8 Å². The summed E-state index contributed by atoms with van der Waals surface area (Å²) >= 11 is 24.3. The summed E-state index contributed by atoms with van der Waals surface area (Å²) in [7, 11) is 10.8. The number of fused-ring (bicyclic) bond motifs is 2. The van der Waals surface area contributed by atoms with Crippen LogP contribution in [0.4, 0.5) is 0 Å². The fourth-order valence-corrected chi connectivity index (χ4v) is 5.32. The fraction of sp³-hybridized carbons (Fsp3) is 0.156. The maximum atomic E-state index is 12.3. The predicted octanol–water partition coefficient (Wildman–Crippen LogP) is 7.86. The first-order chi connectivity index (χ1) is 25.5. The number of nitrogens with zero attached hydrogens (tertiary/aromatic N) is 5. The third-order valence-corrected chi connectivity index (χ3v) is 7.72. The number of H-pyrrole nitrogens is 2. The monoisotopic (exact) mass is 877 g/mol. The van der Waals surface area contributed by atoms with Gasteiger partial charge in [0.05, 0.1) is 84.3 Å². The van der Waals surface area contributed by atoms with Gasteiger partial charge in [-0.15, -0.1) is 0 Å². The molecule has 0 aliphatic rings. The molecule has 0 spiro atoms. The minimum absolute atomic E-state index is 0.170. The van der Waals surface area contributed by atoms with Crippen LogP contribution in [0, 0.1) is 11.3 Å². The van der Waals surface area contributed by atoms with E-state index >= 15 is 0 Å². The molecule has 0 bridgehead atoms. The maximum absolute atomic E-state index is 12.3. The molecular formula is C32H25Cl6N7O8S. The Kier molecular flexibility index (Phi) is 15.9. The standard InChI is InChI=1S/C15H10Cl3N3O3.C15H12ClN3O3.C2H3N.Cl2O2S/c1-23-8-4-9(24-2)13(18)11(12(8)17)14-20-7-5-19-10(16)3-6(7)15(22)21-14;1-21-9-3-8(4-10(5-9)22-2)14-18-12-7-17-13(16)6-11(12)15(20)19-14;1-2-3;1-5(2,3)4/h3-5H,1-2H3,(H,20,21,22);3-7H,1-2H3,(H,18,19,20);1H3;. The van der Waals surface area contributed by atoms with E-state index in [-0.39, 0.29) is 31.7 Å². The van der Waals surface area contributed by atoms with Crippen LogP contribution in [0.2, 0.25) is 20.4 Å². The molecule has 4 aromatic heterocycles. The smallest absolute Gasteiger partial charge is 0.317 e. The van der Waals surface area contributed by atoms with Crippen LogP contribution in [-0.2, 0) is 8.26 Å². The number of nitrogens with one attached hydrogen (secondary N) is 2. The van der Waals surface area contributed by atoms with Gasteiger partial charge in [-0.25, -0.2) is 19.9 Å². The van der Waals surface area contributed by atoms with E-state index in [4.69, 9.17) is 79.0 Å². The molecule has 6 aromatic rings. The van der Waals surface area contributed by atoms with E-state index < -0.39 is 13.8 Å². The van der Waals surface area contributed by atoms with E-state index in [1.54, 1.807) is 44.6 Å². The molecule has 0 amide bonds. The lowest BCUT2D eigenvalue weighted by molar-refractivity contribution is 0.394. The summed E-state index contributed by atoms with van der Waals surface area (Å²) in [6.07, 6.45) is 2.86. The Morgan fingerprint density at radius 2 is 1.06 bits per heavy atom. The number of rotatable bonds is 6. The van der Waals surface area contributed by atoms with Crippen LogP contribution < -0.4 is 30.1 Å².